The minimum atomic E-state index is 0.197. The van der Waals surface area contributed by atoms with Gasteiger partial charge in [-0.05, 0) is 66.8 Å². The number of hydrogen-bond donors (Lipinski definition) is 1. The van der Waals surface area contributed by atoms with Gasteiger partial charge in [0, 0.05) is 41.6 Å². The molecule has 1 aromatic heterocycles. The monoisotopic (exact) mass is 463 g/mol. The van der Waals surface area contributed by atoms with Gasteiger partial charge < -0.3 is 19.8 Å². The van der Waals surface area contributed by atoms with Gasteiger partial charge >= 0.3 is 0 Å². The standard InChI is InChI=1S/C30H29N3O2/c31-19-20-4-6-21(7-5-20)29-27-13-12-26(35-25-14-16-34-17-15-25)18-28(27)33(24-2-1-3-24)30(29)22-8-10-23(32)11-9-22/h4-13,18,24-25H,1-3,14-17,32H2. The van der Waals surface area contributed by atoms with E-state index >= 15 is 0 Å². The quantitative estimate of drug-likeness (QED) is 0.334. The molecule has 0 amide bonds. The third kappa shape index (κ3) is 4.05. The summed E-state index contributed by atoms with van der Waals surface area (Å²) in [5.41, 5.74) is 13.3. The topological polar surface area (TPSA) is 73.2 Å². The van der Waals surface area contributed by atoms with Crippen molar-refractivity contribution in [1.29, 1.82) is 5.26 Å². The number of nitrogens with two attached hydrogens (primary N) is 1. The second-order valence-electron chi connectivity index (χ2n) is 9.60. The Bertz CT molecular complexity index is 1390. The van der Waals surface area contributed by atoms with E-state index in [2.05, 4.69) is 53.1 Å². The fraction of sp³-hybridized carbons (Fsp3) is 0.300. The van der Waals surface area contributed by atoms with Gasteiger partial charge in [-0.1, -0.05) is 24.3 Å². The van der Waals surface area contributed by atoms with Gasteiger partial charge in [-0.15, -0.1) is 0 Å². The summed E-state index contributed by atoms with van der Waals surface area (Å²) < 4.78 is 14.4. The predicted octanol–water partition coefficient (Wildman–Crippen LogP) is 6.71. The molecule has 2 fully saturated rings. The lowest BCUT2D eigenvalue weighted by atomic mass is 9.91. The molecular weight excluding hydrogens is 434 g/mol. The van der Waals surface area contributed by atoms with Gasteiger partial charge in [0.05, 0.1) is 36.1 Å². The Hall–Kier alpha value is -3.75. The smallest absolute Gasteiger partial charge is 0.121 e. The summed E-state index contributed by atoms with van der Waals surface area (Å²) in [6.07, 6.45) is 5.63. The number of benzene rings is 3. The molecule has 1 saturated carbocycles. The maximum absolute atomic E-state index is 9.32. The van der Waals surface area contributed by atoms with E-state index in [0.29, 0.717) is 11.6 Å². The first-order valence-electron chi connectivity index (χ1n) is 12.5. The van der Waals surface area contributed by atoms with Crippen LogP contribution in [0.2, 0.25) is 0 Å². The second kappa shape index (κ2) is 9.13. The Kier molecular flexibility index (Phi) is 5.67. The molecule has 0 atom stereocenters. The number of nitriles is 1. The highest BCUT2D eigenvalue weighted by molar-refractivity contribution is 6.05. The molecule has 5 heteroatoms. The van der Waals surface area contributed by atoms with Crippen LogP contribution in [0.5, 0.6) is 5.75 Å². The van der Waals surface area contributed by atoms with E-state index in [4.69, 9.17) is 15.2 Å². The highest BCUT2D eigenvalue weighted by Gasteiger charge is 2.28. The van der Waals surface area contributed by atoms with Crippen LogP contribution in [0.1, 0.15) is 43.7 Å². The predicted molar refractivity (Wildman–Crippen MR) is 139 cm³/mol. The maximum Gasteiger partial charge on any atom is 0.121 e. The average Bonchev–Trinajstić information content (AvgIpc) is 3.18. The van der Waals surface area contributed by atoms with Crippen LogP contribution in [0.15, 0.2) is 66.7 Å². The normalized spacial score (nSPS) is 16.7. The van der Waals surface area contributed by atoms with Crippen molar-refractivity contribution < 1.29 is 9.47 Å². The molecule has 1 aliphatic heterocycles. The summed E-state index contributed by atoms with van der Waals surface area (Å²) in [6.45, 7) is 1.52. The van der Waals surface area contributed by atoms with Gasteiger partial charge in [0.1, 0.15) is 11.9 Å². The molecule has 0 unspecified atom stereocenters. The highest BCUT2D eigenvalue weighted by atomic mass is 16.5. The van der Waals surface area contributed by atoms with Crippen LogP contribution in [-0.2, 0) is 4.74 Å². The third-order valence-corrected chi connectivity index (χ3v) is 7.37. The Labute approximate surface area is 205 Å². The second-order valence-corrected chi connectivity index (χ2v) is 9.60. The van der Waals surface area contributed by atoms with Crippen LogP contribution < -0.4 is 10.5 Å². The van der Waals surface area contributed by atoms with E-state index in [-0.39, 0.29) is 6.10 Å². The summed E-state index contributed by atoms with van der Waals surface area (Å²) >= 11 is 0. The molecule has 35 heavy (non-hydrogen) atoms. The van der Waals surface area contributed by atoms with Crippen molar-refractivity contribution in [3.05, 3.63) is 72.3 Å². The number of anilines is 1. The minimum absolute atomic E-state index is 0.197. The van der Waals surface area contributed by atoms with Crippen molar-refractivity contribution in [2.24, 2.45) is 0 Å². The Balaban J connectivity index is 1.57. The fourth-order valence-electron chi connectivity index (χ4n) is 5.30. The molecule has 176 valence electrons. The molecule has 6 rings (SSSR count). The zero-order valence-corrected chi connectivity index (χ0v) is 19.7. The molecule has 0 radical (unpaired) electrons. The van der Waals surface area contributed by atoms with Crippen molar-refractivity contribution in [2.45, 2.75) is 44.2 Å². The Morgan fingerprint density at radius 1 is 0.886 bits per heavy atom. The first-order chi connectivity index (χ1) is 17.2. The van der Waals surface area contributed by atoms with Crippen molar-refractivity contribution in [3.63, 3.8) is 0 Å². The van der Waals surface area contributed by atoms with Gasteiger partial charge in [-0.25, -0.2) is 0 Å². The maximum atomic E-state index is 9.32. The fourth-order valence-corrected chi connectivity index (χ4v) is 5.30. The molecule has 1 saturated heterocycles. The van der Waals surface area contributed by atoms with Crippen LogP contribution >= 0.6 is 0 Å². The molecule has 2 N–H and O–H groups in total. The minimum Gasteiger partial charge on any atom is -0.490 e. The lowest BCUT2D eigenvalue weighted by molar-refractivity contribution is 0.0256. The summed E-state index contributed by atoms with van der Waals surface area (Å²) in [6, 6.07) is 25.3. The van der Waals surface area contributed by atoms with Crippen molar-refractivity contribution >= 4 is 16.6 Å². The van der Waals surface area contributed by atoms with Crippen LogP contribution in [0.4, 0.5) is 5.69 Å². The van der Waals surface area contributed by atoms with E-state index in [9.17, 15) is 5.26 Å². The zero-order chi connectivity index (χ0) is 23.8. The van der Waals surface area contributed by atoms with Crippen molar-refractivity contribution in [3.8, 4) is 34.2 Å². The number of nitrogens with zero attached hydrogens (tertiary/aromatic N) is 2. The zero-order valence-electron chi connectivity index (χ0n) is 19.7. The van der Waals surface area contributed by atoms with Gasteiger partial charge in [0.2, 0.25) is 0 Å². The van der Waals surface area contributed by atoms with Crippen LogP contribution in [-0.4, -0.2) is 23.9 Å². The van der Waals surface area contributed by atoms with Crippen LogP contribution in [0.25, 0.3) is 33.3 Å². The van der Waals surface area contributed by atoms with Gasteiger partial charge in [-0.3, -0.25) is 0 Å². The van der Waals surface area contributed by atoms with Crippen LogP contribution in [0, 0.1) is 11.3 Å². The molecule has 5 nitrogen and oxygen atoms in total. The molecule has 2 heterocycles. The number of aromatic nitrogens is 1. The Morgan fingerprint density at radius 3 is 2.26 bits per heavy atom. The molecule has 0 bridgehead atoms. The van der Waals surface area contributed by atoms with E-state index in [1.165, 1.54) is 41.4 Å². The molecule has 3 aromatic carbocycles. The number of rotatable bonds is 5. The van der Waals surface area contributed by atoms with Crippen molar-refractivity contribution in [2.75, 3.05) is 18.9 Å². The first-order valence-corrected chi connectivity index (χ1v) is 12.5. The summed E-state index contributed by atoms with van der Waals surface area (Å²) in [4.78, 5) is 0. The molecular formula is C30H29N3O2. The van der Waals surface area contributed by atoms with Crippen molar-refractivity contribution in [1.82, 2.24) is 4.57 Å². The molecule has 2 aliphatic rings. The summed E-state index contributed by atoms with van der Waals surface area (Å²) in [7, 11) is 0. The van der Waals surface area contributed by atoms with E-state index < -0.39 is 0 Å². The first kappa shape index (κ1) is 21.8. The Morgan fingerprint density at radius 2 is 1.60 bits per heavy atom. The molecule has 0 spiro atoms. The van der Waals surface area contributed by atoms with Gasteiger partial charge in [0.15, 0.2) is 0 Å². The number of fused-ring (bicyclic) bond motifs is 1. The summed E-state index contributed by atoms with van der Waals surface area (Å²) in [5.74, 6) is 0.915. The van der Waals surface area contributed by atoms with Gasteiger partial charge in [0.25, 0.3) is 0 Å². The number of nitrogen functional groups attached to an aromatic ring is 1. The molecule has 4 aromatic rings. The summed E-state index contributed by atoms with van der Waals surface area (Å²) in [5, 5.41) is 10.5. The average molecular weight is 464 g/mol. The number of ether oxygens (including phenoxy) is 2. The highest BCUT2D eigenvalue weighted by Crippen LogP contribution is 2.47. The van der Waals surface area contributed by atoms with Crippen LogP contribution in [0.3, 0.4) is 0 Å². The lowest BCUT2D eigenvalue weighted by Gasteiger charge is -2.30. The SMILES string of the molecule is N#Cc1ccc(-c2c(-c3ccc(N)cc3)n(C3CCC3)c3cc(OC4CCOCC4)ccc23)cc1. The van der Waals surface area contributed by atoms with E-state index in [1.807, 2.05) is 24.3 Å². The number of hydrogen-bond acceptors (Lipinski definition) is 4. The lowest BCUT2D eigenvalue weighted by Crippen LogP contribution is -2.25. The molecule has 1 aliphatic carbocycles. The largest absolute Gasteiger partial charge is 0.490 e. The third-order valence-electron chi connectivity index (χ3n) is 7.37. The van der Waals surface area contributed by atoms with Gasteiger partial charge in [-0.2, -0.15) is 5.26 Å². The van der Waals surface area contributed by atoms with E-state index in [1.54, 1.807) is 0 Å². The van der Waals surface area contributed by atoms with E-state index in [0.717, 1.165) is 48.6 Å².